The molecule has 1 amide bonds. The van der Waals surface area contributed by atoms with Gasteiger partial charge in [-0.05, 0) is 48.5 Å². The smallest absolute Gasteiger partial charge is 0.254 e. The molecule has 1 aromatic heterocycles. The molecule has 0 N–H and O–H groups in total. The minimum Gasteiger partial charge on any atom is -0.336 e. The minimum absolute atomic E-state index is 0.0983. The Labute approximate surface area is 175 Å². The Bertz CT molecular complexity index is 1120. The molecule has 0 bridgehead atoms. The number of benzene rings is 2. The zero-order valence-electron chi connectivity index (χ0n) is 15.6. The minimum atomic E-state index is -3.63. The van der Waals surface area contributed by atoms with Crippen molar-refractivity contribution in [1.82, 2.24) is 13.8 Å². The van der Waals surface area contributed by atoms with Gasteiger partial charge in [0.05, 0.1) is 4.90 Å². The van der Waals surface area contributed by atoms with Crippen LogP contribution in [0.1, 0.15) is 10.4 Å². The van der Waals surface area contributed by atoms with E-state index in [1.807, 2.05) is 47.3 Å². The molecule has 4 rings (SSSR count). The maximum absolute atomic E-state index is 12.9. The van der Waals surface area contributed by atoms with E-state index >= 15 is 0 Å². The molecular formula is C21H20ClN3O3S. The number of sulfonamides is 1. The van der Waals surface area contributed by atoms with Crippen LogP contribution in [-0.4, -0.2) is 54.3 Å². The number of piperazine rings is 1. The Hall–Kier alpha value is -2.61. The highest BCUT2D eigenvalue weighted by Crippen LogP contribution is 2.21. The molecule has 1 fully saturated rings. The Balaban J connectivity index is 1.46. The van der Waals surface area contributed by atoms with Crippen LogP contribution >= 0.6 is 11.6 Å². The largest absolute Gasteiger partial charge is 0.336 e. The summed E-state index contributed by atoms with van der Waals surface area (Å²) in [6.45, 7) is 1.18. The molecule has 2 heterocycles. The Morgan fingerprint density at radius 1 is 0.862 bits per heavy atom. The van der Waals surface area contributed by atoms with Gasteiger partial charge in [-0.2, -0.15) is 4.31 Å². The lowest BCUT2D eigenvalue weighted by Gasteiger charge is -2.34. The molecule has 0 aliphatic carbocycles. The lowest BCUT2D eigenvalue weighted by molar-refractivity contribution is 0.0698. The van der Waals surface area contributed by atoms with Gasteiger partial charge in [0.2, 0.25) is 10.0 Å². The number of hydrogen-bond donors (Lipinski definition) is 0. The molecule has 3 aromatic rings. The van der Waals surface area contributed by atoms with Gasteiger partial charge in [-0.25, -0.2) is 8.42 Å². The third-order valence-corrected chi connectivity index (χ3v) is 7.09. The molecule has 150 valence electrons. The van der Waals surface area contributed by atoms with Gasteiger partial charge in [-0.1, -0.05) is 23.7 Å². The lowest BCUT2D eigenvalue weighted by Crippen LogP contribution is -2.50. The second-order valence-electron chi connectivity index (χ2n) is 6.79. The standard InChI is InChI=1S/C21H20ClN3O3S/c22-18-6-4-8-20(16-18)29(27,28)25-13-11-24(12-14-25)21(26)17-5-3-7-19(15-17)23-9-1-2-10-23/h1-10,15-16H,11-14H2. The van der Waals surface area contributed by atoms with Gasteiger partial charge < -0.3 is 9.47 Å². The molecular weight excluding hydrogens is 410 g/mol. The van der Waals surface area contributed by atoms with Crippen molar-refractivity contribution in [2.24, 2.45) is 0 Å². The molecule has 0 radical (unpaired) electrons. The molecule has 6 nitrogen and oxygen atoms in total. The maximum Gasteiger partial charge on any atom is 0.254 e. The highest BCUT2D eigenvalue weighted by atomic mass is 35.5. The summed E-state index contributed by atoms with van der Waals surface area (Å²) in [5.74, 6) is -0.0983. The van der Waals surface area contributed by atoms with Crippen molar-refractivity contribution in [1.29, 1.82) is 0 Å². The number of hydrogen-bond acceptors (Lipinski definition) is 3. The van der Waals surface area contributed by atoms with Crippen LogP contribution in [0.4, 0.5) is 0 Å². The van der Waals surface area contributed by atoms with Gasteiger partial charge in [0.1, 0.15) is 0 Å². The molecule has 8 heteroatoms. The zero-order chi connectivity index (χ0) is 20.4. The molecule has 1 aliphatic rings. The molecule has 29 heavy (non-hydrogen) atoms. The van der Waals surface area contributed by atoms with Crippen LogP contribution in [-0.2, 0) is 10.0 Å². The van der Waals surface area contributed by atoms with E-state index in [1.54, 1.807) is 23.1 Å². The first-order valence-electron chi connectivity index (χ1n) is 9.23. The van der Waals surface area contributed by atoms with Gasteiger partial charge in [0, 0.05) is 54.8 Å². The third kappa shape index (κ3) is 4.07. The number of aromatic nitrogens is 1. The number of amides is 1. The average molecular weight is 430 g/mol. The van der Waals surface area contributed by atoms with Gasteiger partial charge in [-0.15, -0.1) is 0 Å². The molecule has 0 spiro atoms. The summed E-state index contributed by atoms with van der Waals surface area (Å²) in [5, 5.41) is 0.377. The number of nitrogens with zero attached hydrogens (tertiary/aromatic N) is 3. The molecule has 0 atom stereocenters. The van der Waals surface area contributed by atoms with E-state index in [0.717, 1.165) is 5.69 Å². The number of carbonyl (C=O) groups excluding carboxylic acids is 1. The quantitative estimate of drug-likeness (QED) is 0.639. The van der Waals surface area contributed by atoms with E-state index in [0.29, 0.717) is 23.7 Å². The van der Waals surface area contributed by atoms with Crippen molar-refractivity contribution in [3.8, 4) is 5.69 Å². The number of rotatable bonds is 4. The summed E-state index contributed by atoms with van der Waals surface area (Å²) in [4.78, 5) is 14.8. The Morgan fingerprint density at radius 3 is 2.24 bits per heavy atom. The van der Waals surface area contributed by atoms with Crippen molar-refractivity contribution >= 4 is 27.5 Å². The van der Waals surface area contributed by atoms with Gasteiger partial charge in [0.25, 0.3) is 5.91 Å². The van der Waals surface area contributed by atoms with Crippen molar-refractivity contribution in [3.05, 3.63) is 83.6 Å². The fourth-order valence-electron chi connectivity index (χ4n) is 3.40. The van der Waals surface area contributed by atoms with E-state index in [1.165, 1.54) is 16.4 Å². The predicted octanol–water partition coefficient (Wildman–Crippen LogP) is 3.28. The van der Waals surface area contributed by atoms with Crippen molar-refractivity contribution in [3.63, 3.8) is 0 Å². The van der Waals surface area contributed by atoms with Crippen molar-refractivity contribution in [2.75, 3.05) is 26.2 Å². The van der Waals surface area contributed by atoms with E-state index in [2.05, 4.69) is 0 Å². The van der Waals surface area contributed by atoms with E-state index in [-0.39, 0.29) is 23.9 Å². The summed E-state index contributed by atoms with van der Waals surface area (Å²) >= 11 is 5.93. The fourth-order valence-corrected chi connectivity index (χ4v) is 5.12. The second-order valence-corrected chi connectivity index (χ2v) is 9.17. The van der Waals surface area contributed by atoms with E-state index in [4.69, 9.17) is 11.6 Å². The highest BCUT2D eigenvalue weighted by molar-refractivity contribution is 7.89. The summed E-state index contributed by atoms with van der Waals surface area (Å²) in [6, 6.07) is 17.5. The summed E-state index contributed by atoms with van der Waals surface area (Å²) in [7, 11) is -3.63. The average Bonchev–Trinajstić information content (AvgIpc) is 3.28. The Kier molecular flexibility index (Phi) is 5.45. The van der Waals surface area contributed by atoms with Crippen LogP contribution in [0, 0.1) is 0 Å². The first-order valence-corrected chi connectivity index (χ1v) is 11.1. The summed E-state index contributed by atoms with van der Waals surface area (Å²) < 4.78 is 29.0. The topological polar surface area (TPSA) is 62.6 Å². The van der Waals surface area contributed by atoms with Crippen LogP contribution in [0.15, 0.2) is 78.0 Å². The maximum atomic E-state index is 12.9. The van der Waals surface area contributed by atoms with Gasteiger partial charge >= 0.3 is 0 Å². The van der Waals surface area contributed by atoms with Crippen LogP contribution < -0.4 is 0 Å². The Morgan fingerprint density at radius 2 is 1.55 bits per heavy atom. The van der Waals surface area contributed by atoms with Crippen LogP contribution in [0.5, 0.6) is 0 Å². The highest BCUT2D eigenvalue weighted by Gasteiger charge is 2.30. The second kappa shape index (κ2) is 8.02. The third-order valence-electron chi connectivity index (χ3n) is 4.96. The van der Waals surface area contributed by atoms with E-state index < -0.39 is 10.0 Å². The summed E-state index contributed by atoms with van der Waals surface area (Å²) in [5.41, 5.74) is 1.49. The molecule has 1 saturated heterocycles. The SMILES string of the molecule is O=C(c1cccc(-n2cccc2)c1)N1CCN(S(=O)(=O)c2cccc(Cl)c2)CC1. The van der Waals surface area contributed by atoms with Crippen LogP contribution in [0.25, 0.3) is 5.69 Å². The molecule has 2 aromatic carbocycles. The number of halogens is 1. The summed E-state index contributed by atoms with van der Waals surface area (Å²) in [6.07, 6.45) is 3.84. The van der Waals surface area contributed by atoms with Gasteiger partial charge in [-0.3, -0.25) is 4.79 Å². The first kappa shape index (κ1) is 19.7. The first-order chi connectivity index (χ1) is 13.9. The zero-order valence-corrected chi connectivity index (χ0v) is 17.2. The normalized spacial score (nSPS) is 15.4. The van der Waals surface area contributed by atoms with E-state index in [9.17, 15) is 13.2 Å². The lowest BCUT2D eigenvalue weighted by atomic mass is 10.1. The van der Waals surface area contributed by atoms with Crippen LogP contribution in [0.3, 0.4) is 0 Å². The monoisotopic (exact) mass is 429 g/mol. The van der Waals surface area contributed by atoms with Crippen molar-refractivity contribution in [2.45, 2.75) is 4.90 Å². The van der Waals surface area contributed by atoms with Crippen LogP contribution in [0.2, 0.25) is 5.02 Å². The molecule has 1 aliphatic heterocycles. The molecule has 0 unspecified atom stereocenters. The number of carbonyl (C=O) groups is 1. The predicted molar refractivity (Wildman–Crippen MR) is 112 cm³/mol. The van der Waals surface area contributed by atoms with Crippen molar-refractivity contribution < 1.29 is 13.2 Å². The fraction of sp³-hybridized carbons (Fsp3) is 0.190. The molecule has 0 saturated carbocycles. The van der Waals surface area contributed by atoms with Gasteiger partial charge in [0.15, 0.2) is 0 Å².